The number of carbonyl (C=O) groups excluding carboxylic acids is 3. The van der Waals surface area contributed by atoms with Gasteiger partial charge in [0.15, 0.2) is 0 Å². The Labute approximate surface area is 181 Å². The Hall–Kier alpha value is -2.42. The van der Waals surface area contributed by atoms with Crippen LogP contribution in [-0.2, 0) is 27.2 Å². The molecule has 0 saturated heterocycles. The molecule has 7 nitrogen and oxygen atoms in total. The van der Waals surface area contributed by atoms with E-state index < -0.39 is 17.8 Å². The number of thiophene rings is 1. The number of hydrogen-bond donors (Lipinski definition) is 2. The minimum atomic E-state index is -0.994. The second-order valence-corrected chi connectivity index (χ2v) is 8.11. The third-order valence-electron chi connectivity index (χ3n) is 4.35. The van der Waals surface area contributed by atoms with E-state index in [1.165, 1.54) is 24.7 Å². The Balaban J connectivity index is 1.72. The predicted molar refractivity (Wildman–Crippen MR) is 113 cm³/mol. The van der Waals surface area contributed by atoms with Crippen LogP contribution in [0.4, 0.5) is 5.00 Å². The molecular weight excluding hydrogens is 437 g/mol. The average molecular weight is 454 g/mol. The summed E-state index contributed by atoms with van der Waals surface area (Å²) in [5, 5.41) is 7.23. The van der Waals surface area contributed by atoms with Gasteiger partial charge in [-0.15, -0.1) is 11.3 Å². The van der Waals surface area contributed by atoms with Gasteiger partial charge in [-0.25, -0.2) is 10.2 Å². The van der Waals surface area contributed by atoms with E-state index in [0.29, 0.717) is 26.2 Å². The van der Waals surface area contributed by atoms with Crippen molar-refractivity contribution in [3.63, 3.8) is 0 Å². The number of rotatable bonds is 4. The first-order valence-corrected chi connectivity index (χ1v) is 10.3. The van der Waals surface area contributed by atoms with Crippen molar-refractivity contribution in [2.45, 2.75) is 25.7 Å². The summed E-state index contributed by atoms with van der Waals surface area (Å²) < 4.78 is 4.85. The highest BCUT2D eigenvalue weighted by atomic mass is 35.5. The molecule has 152 valence electrons. The fourth-order valence-electron chi connectivity index (χ4n) is 2.97. The Morgan fingerprint density at radius 1 is 1.14 bits per heavy atom. The number of methoxy groups -OCH3 is 1. The number of aryl methyl sites for hydroxylation is 1. The summed E-state index contributed by atoms with van der Waals surface area (Å²) in [6.45, 7) is 0. The van der Waals surface area contributed by atoms with Crippen molar-refractivity contribution in [2.24, 2.45) is 5.10 Å². The first-order chi connectivity index (χ1) is 13.9. The van der Waals surface area contributed by atoms with Crippen molar-refractivity contribution in [3.05, 3.63) is 49.8 Å². The molecule has 1 aromatic carbocycles. The van der Waals surface area contributed by atoms with Gasteiger partial charge < -0.3 is 10.1 Å². The molecule has 3 rings (SSSR count). The Morgan fingerprint density at radius 2 is 1.83 bits per heavy atom. The predicted octanol–water partition coefficient (Wildman–Crippen LogP) is 3.81. The number of nitrogens with zero attached hydrogens (tertiary/aromatic N) is 1. The van der Waals surface area contributed by atoms with E-state index in [4.69, 9.17) is 27.9 Å². The van der Waals surface area contributed by atoms with Crippen LogP contribution in [0.2, 0.25) is 10.0 Å². The Kier molecular flexibility index (Phi) is 6.89. The smallest absolute Gasteiger partial charge is 0.341 e. The van der Waals surface area contributed by atoms with Gasteiger partial charge in [-0.1, -0.05) is 29.3 Å². The molecule has 2 aromatic rings. The van der Waals surface area contributed by atoms with Crippen LogP contribution in [0.3, 0.4) is 0 Å². The molecule has 1 heterocycles. The van der Waals surface area contributed by atoms with E-state index in [0.717, 1.165) is 36.1 Å². The minimum absolute atomic E-state index is 0.307. The number of benzene rings is 1. The highest BCUT2D eigenvalue weighted by Crippen LogP contribution is 2.38. The van der Waals surface area contributed by atoms with Crippen molar-refractivity contribution in [2.75, 3.05) is 12.4 Å². The molecule has 2 N–H and O–H groups in total. The van der Waals surface area contributed by atoms with Gasteiger partial charge in [0.1, 0.15) is 5.00 Å². The largest absolute Gasteiger partial charge is 0.465 e. The molecule has 0 spiro atoms. The zero-order chi connectivity index (χ0) is 21.0. The summed E-state index contributed by atoms with van der Waals surface area (Å²) in [5.41, 5.74) is 3.74. The molecule has 0 atom stereocenters. The summed E-state index contributed by atoms with van der Waals surface area (Å²) >= 11 is 13.3. The topological polar surface area (TPSA) is 96.9 Å². The lowest BCUT2D eigenvalue weighted by Gasteiger charge is -2.11. The van der Waals surface area contributed by atoms with Crippen LogP contribution in [0.1, 0.15) is 39.2 Å². The van der Waals surface area contributed by atoms with Crippen molar-refractivity contribution in [3.8, 4) is 0 Å². The maximum absolute atomic E-state index is 12.3. The maximum atomic E-state index is 12.3. The van der Waals surface area contributed by atoms with Gasteiger partial charge in [-0.3, -0.25) is 9.59 Å². The lowest BCUT2D eigenvalue weighted by molar-refractivity contribution is -0.136. The highest BCUT2D eigenvalue weighted by Gasteiger charge is 2.28. The van der Waals surface area contributed by atoms with E-state index in [1.807, 2.05) is 0 Å². The Bertz CT molecular complexity index is 983. The van der Waals surface area contributed by atoms with Crippen LogP contribution in [0.25, 0.3) is 0 Å². The average Bonchev–Trinajstić information content (AvgIpc) is 3.07. The summed E-state index contributed by atoms with van der Waals surface area (Å²) in [6, 6.07) is 4.92. The van der Waals surface area contributed by atoms with Crippen LogP contribution in [0.5, 0.6) is 0 Å². The molecule has 10 heteroatoms. The molecule has 0 bridgehead atoms. The lowest BCUT2D eigenvalue weighted by atomic mass is 9.95. The second kappa shape index (κ2) is 9.39. The third-order valence-corrected chi connectivity index (χ3v) is 6.22. The zero-order valence-corrected chi connectivity index (χ0v) is 17.7. The van der Waals surface area contributed by atoms with Crippen LogP contribution in [0.15, 0.2) is 23.3 Å². The number of hydrazone groups is 1. The molecule has 0 unspecified atom stereocenters. The molecule has 2 amide bonds. The van der Waals surface area contributed by atoms with E-state index in [9.17, 15) is 14.4 Å². The first kappa shape index (κ1) is 21.3. The first-order valence-electron chi connectivity index (χ1n) is 8.73. The maximum Gasteiger partial charge on any atom is 0.341 e. The van der Waals surface area contributed by atoms with E-state index in [-0.39, 0.29) is 0 Å². The lowest BCUT2D eigenvalue weighted by Crippen LogP contribution is -2.32. The second-order valence-electron chi connectivity index (χ2n) is 6.20. The normalized spacial score (nSPS) is 13.1. The molecular formula is C19H17Cl2N3O4S. The van der Waals surface area contributed by atoms with Gasteiger partial charge >= 0.3 is 17.8 Å². The highest BCUT2D eigenvalue weighted by molar-refractivity contribution is 7.17. The molecule has 1 aliphatic rings. The minimum Gasteiger partial charge on any atom is -0.465 e. The van der Waals surface area contributed by atoms with E-state index >= 15 is 0 Å². The number of nitrogens with one attached hydrogen (secondary N) is 2. The number of ether oxygens (including phenoxy) is 1. The SMILES string of the molecule is COC(=O)c1c(NC(=O)C(=O)N/N=C/c2c(Cl)cccc2Cl)sc2c1CCCC2. The molecule has 0 radical (unpaired) electrons. The molecule has 0 aliphatic heterocycles. The van der Waals surface area contributed by atoms with Gasteiger partial charge in [0.2, 0.25) is 0 Å². The molecule has 29 heavy (non-hydrogen) atoms. The number of esters is 1. The standard InChI is InChI=1S/C19H17Cl2N3O4S/c1-28-19(27)15-10-5-2-3-8-14(10)29-18(15)23-16(25)17(26)24-22-9-11-12(20)6-4-7-13(11)21/h4,6-7,9H,2-3,5,8H2,1H3,(H,23,25)(H,24,26)/b22-9+. The number of amides is 2. The van der Waals surface area contributed by atoms with Crippen molar-refractivity contribution in [1.29, 1.82) is 0 Å². The molecule has 0 fully saturated rings. The number of anilines is 1. The third kappa shape index (κ3) is 4.77. The van der Waals surface area contributed by atoms with Crippen LogP contribution >= 0.6 is 34.5 Å². The summed E-state index contributed by atoms with van der Waals surface area (Å²) in [7, 11) is 1.28. The zero-order valence-electron chi connectivity index (χ0n) is 15.4. The molecule has 1 aliphatic carbocycles. The van der Waals surface area contributed by atoms with Crippen LogP contribution in [-0.4, -0.2) is 31.1 Å². The van der Waals surface area contributed by atoms with Crippen molar-refractivity contribution >= 4 is 63.5 Å². The fraction of sp³-hybridized carbons (Fsp3) is 0.263. The molecule has 1 aromatic heterocycles. The van der Waals surface area contributed by atoms with Crippen molar-refractivity contribution < 1.29 is 19.1 Å². The van der Waals surface area contributed by atoms with Crippen LogP contribution < -0.4 is 10.7 Å². The van der Waals surface area contributed by atoms with E-state index in [2.05, 4.69) is 15.8 Å². The number of hydrogen-bond acceptors (Lipinski definition) is 6. The number of carbonyl (C=O) groups is 3. The van der Waals surface area contributed by atoms with Gasteiger partial charge in [0, 0.05) is 10.4 Å². The quantitative estimate of drug-likeness (QED) is 0.318. The van der Waals surface area contributed by atoms with Gasteiger partial charge in [-0.05, 0) is 43.4 Å². The van der Waals surface area contributed by atoms with Gasteiger partial charge in [0.25, 0.3) is 0 Å². The summed E-state index contributed by atoms with van der Waals surface area (Å²) in [5.74, 6) is -2.48. The summed E-state index contributed by atoms with van der Waals surface area (Å²) in [4.78, 5) is 37.6. The van der Waals surface area contributed by atoms with Gasteiger partial charge in [0.05, 0.1) is 28.9 Å². The van der Waals surface area contributed by atoms with Crippen molar-refractivity contribution in [1.82, 2.24) is 5.43 Å². The van der Waals surface area contributed by atoms with E-state index in [1.54, 1.807) is 18.2 Å². The van der Waals surface area contributed by atoms with Crippen LogP contribution in [0, 0.1) is 0 Å². The number of halogens is 2. The Morgan fingerprint density at radius 3 is 2.52 bits per heavy atom. The monoisotopic (exact) mass is 453 g/mol. The van der Waals surface area contributed by atoms with Gasteiger partial charge in [-0.2, -0.15) is 5.10 Å². The molecule has 0 saturated carbocycles. The number of fused-ring (bicyclic) bond motifs is 1. The summed E-state index contributed by atoms with van der Waals surface area (Å²) in [6.07, 6.45) is 4.79. The fourth-order valence-corrected chi connectivity index (χ4v) is 4.74.